The fourth-order valence-electron chi connectivity index (χ4n) is 3.84. The van der Waals surface area contributed by atoms with Crippen molar-refractivity contribution < 1.29 is 9.59 Å². The van der Waals surface area contributed by atoms with E-state index in [0.29, 0.717) is 18.1 Å². The number of carbonyl (C=O) groups is 2. The summed E-state index contributed by atoms with van der Waals surface area (Å²) in [6.07, 6.45) is 3.61. The van der Waals surface area contributed by atoms with Crippen LogP contribution in [0.1, 0.15) is 76.6 Å². The number of hydrogen-bond acceptors (Lipinski definition) is 3. The standard InChI is InChI=1S/C22H30N4O2/c1-6-16(5)23-21(27)19-17-9-7-8-10-26(17)20(24-19)22(28)25-18-14(3)11-13(2)12-15(18)4/h11-12,16H,6-10H2,1-5H3,(H,23,27)(H,25,28). The van der Waals surface area contributed by atoms with E-state index >= 15 is 0 Å². The SMILES string of the molecule is CCC(C)NC(=O)c1nc(C(=O)Nc2c(C)cc(C)cc2C)n2c1CCCC2. The van der Waals surface area contributed by atoms with Gasteiger partial charge in [-0.05, 0) is 64.5 Å². The van der Waals surface area contributed by atoms with Gasteiger partial charge in [0.2, 0.25) is 0 Å². The molecule has 6 nitrogen and oxygen atoms in total. The number of nitrogens with zero attached hydrogens (tertiary/aromatic N) is 2. The van der Waals surface area contributed by atoms with Crippen LogP contribution in [0.3, 0.4) is 0 Å². The molecule has 150 valence electrons. The fraction of sp³-hybridized carbons (Fsp3) is 0.500. The molecule has 1 atom stereocenters. The summed E-state index contributed by atoms with van der Waals surface area (Å²) in [5.74, 6) is -0.133. The summed E-state index contributed by atoms with van der Waals surface area (Å²) >= 11 is 0. The van der Waals surface area contributed by atoms with Crippen molar-refractivity contribution in [2.75, 3.05) is 5.32 Å². The van der Waals surface area contributed by atoms with Crippen molar-refractivity contribution in [2.45, 2.75) is 72.9 Å². The van der Waals surface area contributed by atoms with Crippen molar-refractivity contribution in [2.24, 2.45) is 0 Å². The molecule has 0 saturated heterocycles. The Hall–Kier alpha value is -2.63. The van der Waals surface area contributed by atoms with E-state index in [2.05, 4.69) is 27.8 Å². The number of benzene rings is 1. The summed E-state index contributed by atoms with van der Waals surface area (Å²) in [6, 6.07) is 4.17. The molecule has 0 saturated carbocycles. The van der Waals surface area contributed by atoms with Gasteiger partial charge in [-0.25, -0.2) is 4.98 Å². The molecule has 0 radical (unpaired) electrons. The first-order valence-corrected chi connectivity index (χ1v) is 10.1. The van der Waals surface area contributed by atoms with Crippen LogP contribution in [0.5, 0.6) is 0 Å². The summed E-state index contributed by atoms with van der Waals surface area (Å²) in [4.78, 5) is 30.3. The van der Waals surface area contributed by atoms with Crippen molar-refractivity contribution >= 4 is 17.5 Å². The maximum Gasteiger partial charge on any atom is 0.291 e. The van der Waals surface area contributed by atoms with Gasteiger partial charge >= 0.3 is 0 Å². The molecule has 0 fully saturated rings. The van der Waals surface area contributed by atoms with Gasteiger partial charge in [-0.1, -0.05) is 24.6 Å². The first kappa shape index (κ1) is 20.1. The van der Waals surface area contributed by atoms with E-state index in [1.54, 1.807) is 0 Å². The molecule has 0 bridgehead atoms. The van der Waals surface area contributed by atoms with Crippen LogP contribution in [-0.2, 0) is 13.0 Å². The largest absolute Gasteiger partial charge is 0.348 e. The third-order valence-corrected chi connectivity index (χ3v) is 5.44. The second-order valence-electron chi connectivity index (χ2n) is 7.85. The van der Waals surface area contributed by atoms with Crippen LogP contribution in [0.4, 0.5) is 5.69 Å². The van der Waals surface area contributed by atoms with Gasteiger partial charge in [-0.15, -0.1) is 0 Å². The number of anilines is 1. The Morgan fingerprint density at radius 2 is 1.82 bits per heavy atom. The summed E-state index contributed by atoms with van der Waals surface area (Å²) in [7, 11) is 0. The molecule has 1 aromatic heterocycles. The van der Waals surface area contributed by atoms with Crippen LogP contribution in [0.25, 0.3) is 0 Å². The van der Waals surface area contributed by atoms with Crippen LogP contribution in [0.2, 0.25) is 0 Å². The Morgan fingerprint density at radius 3 is 2.46 bits per heavy atom. The highest BCUT2D eigenvalue weighted by molar-refractivity contribution is 6.04. The van der Waals surface area contributed by atoms with Gasteiger partial charge in [0, 0.05) is 18.3 Å². The molecule has 0 spiro atoms. The zero-order valence-electron chi connectivity index (χ0n) is 17.5. The predicted octanol–water partition coefficient (Wildman–Crippen LogP) is 3.93. The average Bonchev–Trinajstić information content (AvgIpc) is 3.04. The van der Waals surface area contributed by atoms with Crippen LogP contribution in [0.15, 0.2) is 12.1 Å². The van der Waals surface area contributed by atoms with Crippen LogP contribution in [0, 0.1) is 20.8 Å². The maximum absolute atomic E-state index is 13.1. The van der Waals surface area contributed by atoms with E-state index in [1.807, 2.05) is 39.2 Å². The molecule has 3 rings (SSSR count). The average molecular weight is 383 g/mol. The van der Waals surface area contributed by atoms with E-state index < -0.39 is 0 Å². The van der Waals surface area contributed by atoms with Crippen molar-refractivity contribution in [1.29, 1.82) is 0 Å². The third kappa shape index (κ3) is 3.96. The number of hydrogen-bond donors (Lipinski definition) is 2. The number of fused-ring (bicyclic) bond motifs is 1. The van der Waals surface area contributed by atoms with Crippen LogP contribution < -0.4 is 10.6 Å². The zero-order valence-corrected chi connectivity index (χ0v) is 17.5. The normalized spacial score (nSPS) is 14.3. The highest BCUT2D eigenvalue weighted by Crippen LogP contribution is 2.25. The minimum Gasteiger partial charge on any atom is -0.348 e. The summed E-state index contributed by atoms with van der Waals surface area (Å²) in [6.45, 7) is 10.7. The molecule has 0 aliphatic carbocycles. The Bertz CT molecular complexity index is 890. The summed E-state index contributed by atoms with van der Waals surface area (Å²) in [5, 5.41) is 6.00. The number of amides is 2. The molecule has 1 aliphatic rings. The highest BCUT2D eigenvalue weighted by atomic mass is 16.2. The minimum atomic E-state index is -0.263. The molecule has 2 heterocycles. The van der Waals surface area contributed by atoms with Gasteiger partial charge in [0.25, 0.3) is 11.8 Å². The number of nitrogens with one attached hydrogen (secondary N) is 2. The van der Waals surface area contributed by atoms with E-state index in [9.17, 15) is 9.59 Å². The van der Waals surface area contributed by atoms with E-state index in [-0.39, 0.29) is 17.9 Å². The second kappa shape index (κ2) is 8.17. The Labute approximate surface area is 166 Å². The lowest BCUT2D eigenvalue weighted by atomic mass is 10.1. The molecule has 1 aromatic carbocycles. The van der Waals surface area contributed by atoms with Gasteiger partial charge in [0.05, 0.1) is 5.69 Å². The molecule has 28 heavy (non-hydrogen) atoms. The molecule has 1 unspecified atom stereocenters. The van der Waals surface area contributed by atoms with Crippen LogP contribution >= 0.6 is 0 Å². The van der Waals surface area contributed by atoms with Crippen LogP contribution in [-0.4, -0.2) is 27.4 Å². The maximum atomic E-state index is 13.1. The number of aryl methyl sites for hydroxylation is 3. The Morgan fingerprint density at radius 1 is 1.14 bits per heavy atom. The van der Waals surface area contributed by atoms with Crippen molar-refractivity contribution in [3.05, 3.63) is 46.0 Å². The first-order chi connectivity index (χ1) is 13.3. The van der Waals surface area contributed by atoms with Crippen molar-refractivity contribution in [3.8, 4) is 0 Å². The molecule has 2 N–H and O–H groups in total. The molecule has 6 heteroatoms. The zero-order chi connectivity index (χ0) is 20.4. The number of rotatable bonds is 5. The lowest BCUT2D eigenvalue weighted by molar-refractivity contribution is 0.0933. The number of imidazole rings is 1. The second-order valence-corrected chi connectivity index (χ2v) is 7.85. The highest BCUT2D eigenvalue weighted by Gasteiger charge is 2.28. The van der Waals surface area contributed by atoms with Gasteiger partial charge in [-0.2, -0.15) is 0 Å². The van der Waals surface area contributed by atoms with Gasteiger partial charge in [-0.3, -0.25) is 9.59 Å². The van der Waals surface area contributed by atoms with Crippen molar-refractivity contribution in [1.82, 2.24) is 14.9 Å². The third-order valence-electron chi connectivity index (χ3n) is 5.44. The number of aromatic nitrogens is 2. The topological polar surface area (TPSA) is 76.0 Å². The summed E-state index contributed by atoms with van der Waals surface area (Å²) in [5.41, 5.74) is 5.28. The van der Waals surface area contributed by atoms with Crippen molar-refractivity contribution in [3.63, 3.8) is 0 Å². The minimum absolute atomic E-state index is 0.0728. The molecular weight excluding hydrogens is 352 g/mol. The van der Waals surface area contributed by atoms with Gasteiger partial charge in [0.15, 0.2) is 5.82 Å². The smallest absolute Gasteiger partial charge is 0.291 e. The Balaban J connectivity index is 1.94. The molecule has 2 amide bonds. The molecule has 2 aromatic rings. The van der Waals surface area contributed by atoms with Gasteiger partial charge < -0.3 is 15.2 Å². The monoisotopic (exact) mass is 382 g/mol. The number of carbonyl (C=O) groups excluding carboxylic acids is 2. The summed E-state index contributed by atoms with van der Waals surface area (Å²) < 4.78 is 1.92. The quantitative estimate of drug-likeness (QED) is 0.823. The fourth-order valence-corrected chi connectivity index (χ4v) is 3.84. The first-order valence-electron chi connectivity index (χ1n) is 10.1. The van der Waals surface area contributed by atoms with E-state index in [1.165, 1.54) is 0 Å². The lowest BCUT2D eigenvalue weighted by Gasteiger charge is -2.18. The van der Waals surface area contributed by atoms with Gasteiger partial charge in [0.1, 0.15) is 5.69 Å². The molecular formula is C22H30N4O2. The van der Waals surface area contributed by atoms with E-state index in [0.717, 1.165) is 53.8 Å². The lowest BCUT2D eigenvalue weighted by Crippen LogP contribution is -2.33. The van der Waals surface area contributed by atoms with E-state index in [4.69, 9.17) is 0 Å². The Kier molecular flexibility index (Phi) is 5.87. The predicted molar refractivity (Wildman–Crippen MR) is 111 cm³/mol. The molecule has 1 aliphatic heterocycles.